The van der Waals surface area contributed by atoms with E-state index in [1.165, 1.54) is 0 Å². The van der Waals surface area contributed by atoms with Crippen molar-refractivity contribution in [3.63, 3.8) is 0 Å². The highest BCUT2D eigenvalue weighted by Crippen LogP contribution is 2.37. The summed E-state index contributed by atoms with van der Waals surface area (Å²) < 4.78 is 12.5. The molecule has 1 aliphatic heterocycles. The van der Waals surface area contributed by atoms with E-state index in [2.05, 4.69) is 4.98 Å². The Kier molecular flexibility index (Phi) is 3.72. The molecule has 6 heteroatoms. The SMILES string of the molecule is COc1cc2c(cc1OC)-c1nc(-c3ccncc3)cc(=O)n1CC2. The average molecular weight is 335 g/mol. The number of rotatable bonds is 3. The van der Waals surface area contributed by atoms with Gasteiger partial charge < -0.3 is 9.47 Å². The maximum atomic E-state index is 12.6. The van der Waals surface area contributed by atoms with Gasteiger partial charge in [0.2, 0.25) is 0 Å². The van der Waals surface area contributed by atoms with Crippen molar-refractivity contribution in [3.05, 3.63) is 58.6 Å². The van der Waals surface area contributed by atoms with Crippen molar-refractivity contribution in [2.75, 3.05) is 14.2 Å². The molecule has 0 bridgehead atoms. The Morgan fingerprint density at radius 3 is 2.48 bits per heavy atom. The minimum atomic E-state index is -0.0581. The van der Waals surface area contributed by atoms with E-state index in [0.29, 0.717) is 29.6 Å². The topological polar surface area (TPSA) is 66.2 Å². The summed E-state index contributed by atoms with van der Waals surface area (Å²) in [4.78, 5) is 21.4. The molecule has 2 aromatic heterocycles. The summed E-state index contributed by atoms with van der Waals surface area (Å²) in [6, 6.07) is 9.11. The van der Waals surface area contributed by atoms with Gasteiger partial charge in [0, 0.05) is 36.1 Å². The molecule has 3 heterocycles. The van der Waals surface area contributed by atoms with Gasteiger partial charge >= 0.3 is 0 Å². The first-order valence-electron chi connectivity index (χ1n) is 7.99. The van der Waals surface area contributed by atoms with Gasteiger partial charge in [0.1, 0.15) is 5.82 Å². The number of methoxy groups -OCH3 is 2. The fourth-order valence-corrected chi connectivity index (χ4v) is 3.17. The number of hydrogen-bond donors (Lipinski definition) is 0. The first-order valence-corrected chi connectivity index (χ1v) is 7.99. The number of nitrogens with zero attached hydrogens (tertiary/aromatic N) is 3. The Balaban J connectivity index is 1.94. The monoisotopic (exact) mass is 335 g/mol. The minimum absolute atomic E-state index is 0.0581. The van der Waals surface area contributed by atoms with Gasteiger partial charge in [0.15, 0.2) is 11.5 Å². The molecule has 0 saturated carbocycles. The molecule has 4 rings (SSSR count). The molecular weight excluding hydrogens is 318 g/mol. The lowest BCUT2D eigenvalue weighted by Gasteiger charge is -2.23. The van der Waals surface area contributed by atoms with Crippen molar-refractivity contribution in [2.45, 2.75) is 13.0 Å². The number of aryl methyl sites for hydroxylation is 1. The highest BCUT2D eigenvalue weighted by molar-refractivity contribution is 5.70. The van der Waals surface area contributed by atoms with Crippen molar-refractivity contribution >= 4 is 0 Å². The first kappa shape index (κ1) is 15.4. The lowest BCUT2D eigenvalue weighted by atomic mass is 9.99. The van der Waals surface area contributed by atoms with E-state index in [1.54, 1.807) is 37.2 Å². The molecule has 25 heavy (non-hydrogen) atoms. The second kappa shape index (κ2) is 6.05. The predicted octanol–water partition coefficient (Wildman–Crippen LogP) is 2.55. The van der Waals surface area contributed by atoms with Crippen LogP contribution in [0.3, 0.4) is 0 Å². The molecule has 0 aliphatic carbocycles. The average Bonchev–Trinajstić information content (AvgIpc) is 2.67. The molecule has 1 aliphatic rings. The molecule has 0 fully saturated rings. The van der Waals surface area contributed by atoms with Crippen LogP contribution in [0.15, 0.2) is 47.5 Å². The van der Waals surface area contributed by atoms with Gasteiger partial charge in [0.05, 0.1) is 19.9 Å². The quantitative estimate of drug-likeness (QED) is 0.736. The standard InChI is InChI=1S/C19H17N3O3/c1-24-16-9-13-5-8-22-18(23)11-15(12-3-6-20-7-4-12)21-19(22)14(13)10-17(16)25-2/h3-4,6-7,9-11H,5,8H2,1-2H3. The molecule has 1 aromatic carbocycles. The Hall–Kier alpha value is -3.15. The van der Waals surface area contributed by atoms with Gasteiger partial charge in [0.25, 0.3) is 5.56 Å². The fourth-order valence-electron chi connectivity index (χ4n) is 3.17. The molecule has 0 spiro atoms. The summed E-state index contributed by atoms with van der Waals surface area (Å²) in [5.41, 5.74) is 3.44. The number of pyridine rings is 1. The van der Waals surface area contributed by atoms with Gasteiger partial charge in [-0.2, -0.15) is 0 Å². The highest BCUT2D eigenvalue weighted by atomic mass is 16.5. The normalized spacial score (nSPS) is 12.2. The second-order valence-corrected chi connectivity index (χ2v) is 5.81. The molecule has 126 valence electrons. The van der Waals surface area contributed by atoms with Crippen molar-refractivity contribution < 1.29 is 9.47 Å². The van der Waals surface area contributed by atoms with Gasteiger partial charge in [-0.25, -0.2) is 4.98 Å². The van der Waals surface area contributed by atoms with E-state index in [9.17, 15) is 4.79 Å². The molecule has 0 radical (unpaired) electrons. The Morgan fingerprint density at radius 1 is 1.04 bits per heavy atom. The second-order valence-electron chi connectivity index (χ2n) is 5.81. The largest absolute Gasteiger partial charge is 0.493 e. The van der Waals surface area contributed by atoms with Crippen molar-refractivity contribution in [3.8, 4) is 34.1 Å². The van der Waals surface area contributed by atoms with E-state index in [4.69, 9.17) is 14.5 Å². The molecule has 6 nitrogen and oxygen atoms in total. The number of hydrogen-bond acceptors (Lipinski definition) is 5. The van der Waals surface area contributed by atoms with Crippen LogP contribution >= 0.6 is 0 Å². The maximum absolute atomic E-state index is 12.6. The summed E-state index contributed by atoms with van der Waals surface area (Å²) in [5, 5.41) is 0. The molecule has 0 amide bonds. The predicted molar refractivity (Wildman–Crippen MR) is 94.0 cm³/mol. The summed E-state index contributed by atoms with van der Waals surface area (Å²) in [7, 11) is 3.21. The lowest BCUT2D eigenvalue weighted by molar-refractivity contribution is 0.354. The number of ether oxygens (including phenoxy) is 2. The zero-order valence-electron chi connectivity index (χ0n) is 14.0. The summed E-state index contributed by atoms with van der Waals surface area (Å²) in [6.07, 6.45) is 4.13. The van der Waals surface area contributed by atoms with Crippen LogP contribution in [0.2, 0.25) is 0 Å². The van der Waals surface area contributed by atoms with Crippen LogP contribution in [0.5, 0.6) is 11.5 Å². The zero-order chi connectivity index (χ0) is 17.4. The number of fused-ring (bicyclic) bond motifs is 3. The third-order valence-electron chi connectivity index (χ3n) is 4.44. The molecule has 0 unspecified atom stereocenters. The number of aromatic nitrogens is 3. The van der Waals surface area contributed by atoms with Crippen LogP contribution in [0, 0.1) is 0 Å². The summed E-state index contributed by atoms with van der Waals surface area (Å²) in [6.45, 7) is 0.597. The number of benzene rings is 1. The van der Waals surface area contributed by atoms with Crippen LogP contribution in [-0.4, -0.2) is 28.8 Å². The van der Waals surface area contributed by atoms with Gasteiger partial charge in [-0.3, -0.25) is 14.3 Å². The Labute approximate surface area is 144 Å². The molecular formula is C19H17N3O3. The van der Waals surface area contributed by atoms with Crippen LogP contribution in [0.4, 0.5) is 0 Å². The van der Waals surface area contributed by atoms with E-state index in [0.717, 1.165) is 23.1 Å². The van der Waals surface area contributed by atoms with Crippen LogP contribution in [0.25, 0.3) is 22.6 Å². The van der Waals surface area contributed by atoms with Crippen molar-refractivity contribution in [1.29, 1.82) is 0 Å². The van der Waals surface area contributed by atoms with E-state index < -0.39 is 0 Å². The van der Waals surface area contributed by atoms with Gasteiger partial charge in [-0.15, -0.1) is 0 Å². The Bertz CT molecular complexity index is 997. The lowest BCUT2D eigenvalue weighted by Crippen LogP contribution is -2.27. The van der Waals surface area contributed by atoms with Crippen molar-refractivity contribution in [2.24, 2.45) is 0 Å². The molecule has 0 N–H and O–H groups in total. The third-order valence-corrected chi connectivity index (χ3v) is 4.44. The van der Waals surface area contributed by atoms with Crippen LogP contribution in [-0.2, 0) is 13.0 Å². The van der Waals surface area contributed by atoms with Crippen LogP contribution < -0.4 is 15.0 Å². The molecule has 0 atom stereocenters. The van der Waals surface area contributed by atoms with Gasteiger partial charge in [-0.05, 0) is 36.2 Å². The smallest absolute Gasteiger partial charge is 0.254 e. The molecule has 0 saturated heterocycles. The zero-order valence-corrected chi connectivity index (χ0v) is 14.0. The fraction of sp³-hybridized carbons (Fsp3) is 0.211. The maximum Gasteiger partial charge on any atom is 0.254 e. The first-order chi connectivity index (χ1) is 12.2. The third kappa shape index (κ3) is 2.55. The van der Waals surface area contributed by atoms with E-state index in [1.807, 2.05) is 24.3 Å². The van der Waals surface area contributed by atoms with E-state index in [-0.39, 0.29) is 5.56 Å². The van der Waals surface area contributed by atoms with E-state index >= 15 is 0 Å². The highest BCUT2D eigenvalue weighted by Gasteiger charge is 2.22. The van der Waals surface area contributed by atoms with Crippen LogP contribution in [0.1, 0.15) is 5.56 Å². The minimum Gasteiger partial charge on any atom is -0.493 e. The van der Waals surface area contributed by atoms with Gasteiger partial charge in [-0.1, -0.05) is 0 Å². The molecule has 3 aromatic rings. The Morgan fingerprint density at radius 2 is 1.76 bits per heavy atom. The summed E-state index contributed by atoms with van der Waals surface area (Å²) in [5.74, 6) is 1.96. The van der Waals surface area contributed by atoms with Crippen molar-refractivity contribution in [1.82, 2.24) is 14.5 Å². The summed E-state index contributed by atoms with van der Waals surface area (Å²) >= 11 is 0.